The summed E-state index contributed by atoms with van der Waals surface area (Å²) in [6, 6.07) is 11.2. The summed E-state index contributed by atoms with van der Waals surface area (Å²) in [6.45, 7) is 0. The van der Waals surface area contributed by atoms with E-state index in [1.807, 2.05) is 24.3 Å². The van der Waals surface area contributed by atoms with Gasteiger partial charge < -0.3 is 15.8 Å². The highest BCUT2D eigenvalue weighted by atomic mass is 79.9. The largest absolute Gasteiger partial charge is 0.439 e. The van der Waals surface area contributed by atoms with E-state index in [0.717, 1.165) is 23.7 Å². The molecule has 1 aliphatic carbocycles. The zero-order valence-electron chi connectivity index (χ0n) is 13.4. The fourth-order valence-corrected chi connectivity index (χ4v) is 3.04. The molecule has 8 heteroatoms. The Balaban J connectivity index is 0.00000156. The predicted octanol–water partition coefficient (Wildman–Crippen LogP) is 4.55. The number of anilines is 1. The van der Waals surface area contributed by atoms with E-state index < -0.39 is 0 Å². The minimum Gasteiger partial charge on any atom is -0.439 e. The quantitative estimate of drug-likeness (QED) is 0.719. The van der Waals surface area contributed by atoms with Crippen molar-refractivity contribution in [3.05, 3.63) is 47.1 Å². The Labute approximate surface area is 167 Å². The molecule has 1 aliphatic rings. The van der Waals surface area contributed by atoms with Crippen molar-refractivity contribution in [2.24, 2.45) is 11.7 Å². The smallest absolute Gasteiger partial charge is 0.227 e. The van der Waals surface area contributed by atoms with Crippen LogP contribution in [0.2, 0.25) is 0 Å². The average Bonchev–Trinajstić information content (AvgIpc) is 2.96. The fraction of sp³-hybridized carbons (Fsp3) is 0.294. The van der Waals surface area contributed by atoms with Crippen molar-refractivity contribution in [2.45, 2.75) is 25.3 Å². The molecule has 1 fully saturated rings. The lowest BCUT2D eigenvalue weighted by molar-refractivity contribution is -0.119. The third-order valence-corrected chi connectivity index (χ3v) is 4.36. The van der Waals surface area contributed by atoms with E-state index in [4.69, 9.17) is 10.5 Å². The van der Waals surface area contributed by atoms with Crippen molar-refractivity contribution in [2.75, 3.05) is 5.32 Å². The molecule has 2 atom stereocenters. The SMILES string of the molecule is Cl.Cl.NC1CCC(C(=O)Nc2ccc(Oc3cccc(Br)c3)nc2)C1. The Hall–Kier alpha value is -1.34. The van der Waals surface area contributed by atoms with Crippen LogP contribution in [0.1, 0.15) is 19.3 Å². The van der Waals surface area contributed by atoms with Gasteiger partial charge in [0.15, 0.2) is 0 Å². The first kappa shape index (κ1) is 21.7. The van der Waals surface area contributed by atoms with E-state index in [9.17, 15) is 4.79 Å². The number of carbonyl (C=O) groups is 1. The molecule has 2 aromatic rings. The normalized spacial score (nSPS) is 18.6. The lowest BCUT2D eigenvalue weighted by atomic mass is 10.1. The van der Waals surface area contributed by atoms with Gasteiger partial charge in [0, 0.05) is 22.5 Å². The van der Waals surface area contributed by atoms with Gasteiger partial charge in [0.05, 0.1) is 11.9 Å². The number of aromatic nitrogens is 1. The van der Waals surface area contributed by atoms with E-state index in [-0.39, 0.29) is 42.7 Å². The summed E-state index contributed by atoms with van der Waals surface area (Å²) in [5.41, 5.74) is 6.51. The number of halogens is 3. The summed E-state index contributed by atoms with van der Waals surface area (Å²) >= 11 is 3.39. The van der Waals surface area contributed by atoms with E-state index in [0.29, 0.717) is 17.3 Å². The van der Waals surface area contributed by atoms with Gasteiger partial charge in [-0.2, -0.15) is 0 Å². The van der Waals surface area contributed by atoms with Gasteiger partial charge in [-0.1, -0.05) is 22.0 Å². The van der Waals surface area contributed by atoms with Crippen LogP contribution >= 0.6 is 40.7 Å². The first-order chi connectivity index (χ1) is 11.1. The summed E-state index contributed by atoms with van der Waals surface area (Å²) in [4.78, 5) is 16.4. The standard InChI is InChI=1S/C17H18BrN3O2.2ClH/c18-12-2-1-3-15(9-12)23-16-7-6-14(10-20-16)21-17(22)11-4-5-13(19)8-11;;/h1-3,6-7,9-11,13H,4-5,8,19H2,(H,21,22);2*1H. The maximum atomic E-state index is 12.1. The van der Waals surface area contributed by atoms with E-state index >= 15 is 0 Å². The third-order valence-electron chi connectivity index (χ3n) is 3.87. The summed E-state index contributed by atoms with van der Waals surface area (Å²) in [5.74, 6) is 1.19. The predicted molar refractivity (Wildman–Crippen MR) is 107 cm³/mol. The van der Waals surface area contributed by atoms with Gasteiger partial charge in [0.2, 0.25) is 11.8 Å². The number of nitrogens with zero attached hydrogens (tertiary/aromatic N) is 1. The lowest BCUT2D eigenvalue weighted by Crippen LogP contribution is -2.23. The van der Waals surface area contributed by atoms with Crippen LogP contribution in [-0.2, 0) is 4.79 Å². The van der Waals surface area contributed by atoms with Crippen LogP contribution < -0.4 is 15.8 Å². The number of nitrogens with one attached hydrogen (secondary N) is 1. The van der Waals surface area contributed by atoms with Crippen LogP contribution in [0.25, 0.3) is 0 Å². The molecule has 1 aromatic heterocycles. The minimum absolute atomic E-state index is 0. The number of hydrogen-bond donors (Lipinski definition) is 2. The average molecular weight is 449 g/mol. The maximum absolute atomic E-state index is 12.1. The number of rotatable bonds is 4. The van der Waals surface area contributed by atoms with Crippen LogP contribution in [0.5, 0.6) is 11.6 Å². The highest BCUT2D eigenvalue weighted by molar-refractivity contribution is 9.10. The number of hydrogen-bond acceptors (Lipinski definition) is 4. The van der Waals surface area contributed by atoms with Gasteiger partial charge in [0.25, 0.3) is 0 Å². The minimum atomic E-state index is 0. The first-order valence-corrected chi connectivity index (χ1v) is 8.35. The van der Waals surface area contributed by atoms with E-state index in [1.54, 1.807) is 18.3 Å². The molecule has 0 aliphatic heterocycles. The number of pyridine rings is 1. The molecular weight excluding hydrogens is 429 g/mol. The second kappa shape index (κ2) is 9.97. The molecule has 5 nitrogen and oxygen atoms in total. The Bertz CT molecular complexity index is 701. The van der Waals surface area contributed by atoms with Crippen LogP contribution in [0.15, 0.2) is 47.1 Å². The molecular formula is C17H20BrCl2N3O2. The molecule has 3 rings (SSSR count). The molecule has 1 amide bonds. The van der Waals surface area contributed by atoms with Crippen LogP contribution in [0.4, 0.5) is 5.69 Å². The Morgan fingerprint density at radius 2 is 2.04 bits per heavy atom. The monoisotopic (exact) mass is 447 g/mol. The molecule has 0 bridgehead atoms. The first-order valence-electron chi connectivity index (χ1n) is 7.56. The number of benzene rings is 1. The van der Waals surface area contributed by atoms with Gasteiger partial charge in [-0.25, -0.2) is 4.98 Å². The van der Waals surface area contributed by atoms with E-state index in [2.05, 4.69) is 26.2 Å². The highest BCUT2D eigenvalue weighted by Crippen LogP contribution is 2.26. The van der Waals surface area contributed by atoms with Crippen LogP contribution in [0, 0.1) is 5.92 Å². The summed E-state index contributed by atoms with van der Waals surface area (Å²) in [6.07, 6.45) is 4.11. The molecule has 0 spiro atoms. The molecule has 1 aromatic carbocycles. The van der Waals surface area contributed by atoms with Gasteiger partial charge in [-0.3, -0.25) is 4.79 Å². The van der Waals surface area contributed by atoms with Crippen molar-refractivity contribution in [3.8, 4) is 11.6 Å². The second-order valence-corrected chi connectivity index (χ2v) is 6.62. The van der Waals surface area contributed by atoms with Crippen molar-refractivity contribution in [3.63, 3.8) is 0 Å². The zero-order valence-corrected chi connectivity index (χ0v) is 16.6. The van der Waals surface area contributed by atoms with Gasteiger partial charge >= 0.3 is 0 Å². The number of amides is 1. The Morgan fingerprint density at radius 3 is 2.64 bits per heavy atom. The molecule has 1 heterocycles. The molecule has 3 N–H and O–H groups in total. The van der Waals surface area contributed by atoms with Crippen LogP contribution in [-0.4, -0.2) is 16.9 Å². The number of carbonyl (C=O) groups excluding carboxylic acids is 1. The Morgan fingerprint density at radius 1 is 1.24 bits per heavy atom. The van der Waals surface area contributed by atoms with Crippen molar-refractivity contribution in [1.82, 2.24) is 4.98 Å². The summed E-state index contributed by atoms with van der Waals surface area (Å²) < 4.78 is 6.60. The maximum Gasteiger partial charge on any atom is 0.227 e. The van der Waals surface area contributed by atoms with Crippen molar-refractivity contribution >= 4 is 52.3 Å². The molecule has 0 radical (unpaired) electrons. The van der Waals surface area contributed by atoms with E-state index in [1.165, 1.54) is 0 Å². The third kappa shape index (κ3) is 6.15. The number of nitrogens with two attached hydrogens (primary N) is 1. The zero-order chi connectivity index (χ0) is 16.2. The molecule has 1 saturated carbocycles. The topological polar surface area (TPSA) is 77.2 Å². The fourth-order valence-electron chi connectivity index (χ4n) is 2.66. The van der Waals surface area contributed by atoms with Gasteiger partial charge in [-0.15, -0.1) is 24.8 Å². The van der Waals surface area contributed by atoms with Crippen molar-refractivity contribution in [1.29, 1.82) is 0 Å². The summed E-state index contributed by atoms with van der Waals surface area (Å²) in [7, 11) is 0. The van der Waals surface area contributed by atoms with Crippen molar-refractivity contribution < 1.29 is 9.53 Å². The number of ether oxygens (including phenoxy) is 1. The second-order valence-electron chi connectivity index (χ2n) is 5.70. The lowest BCUT2D eigenvalue weighted by Gasteiger charge is -2.11. The molecule has 2 unspecified atom stereocenters. The summed E-state index contributed by atoms with van der Waals surface area (Å²) in [5, 5.41) is 2.88. The highest BCUT2D eigenvalue weighted by Gasteiger charge is 2.27. The van der Waals surface area contributed by atoms with Crippen LogP contribution in [0.3, 0.4) is 0 Å². The Kier molecular flexibility index (Phi) is 8.65. The van der Waals surface area contributed by atoms with Gasteiger partial charge in [0.1, 0.15) is 5.75 Å². The molecule has 25 heavy (non-hydrogen) atoms. The van der Waals surface area contributed by atoms with Gasteiger partial charge in [-0.05, 0) is 43.5 Å². The molecule has 0 saturated heterocycles. The molecule has 136 valence electrons.